The highest BCUT2D eigenvalue weighted by molar-refractivity contribution is 5.04. The van der Waals surface area contributed by atoms with Crippen molar-refractivity contribution in [2.45, 2.75) is 83.6 Å². The SMILES string of the molecule is CCC1C(CO)OC(C)(COCC2(C)C(CO)OC(C)(COC)C(C)C2O)C(C)C1O. The number of hydrogen-bond acceptors (Lipinski definition) is 8. The normalized spacial score (nSPS) is 48.7. The molecule has 0 aliphatic carbocycles. The molecule has 8 heteroatoms. The molecule has 2 rings (SSSR count). The van der Waals surface area contributed by atoms with E-state index in [1.807, 2.05) is 41.5 Å². The van der Waals surface area contributed by atoms with Crippen molar-refractivity contribution in [3.63, 3.8) is 0 Å². The second-order valence-electron chi connectivity index (χ2n) is 10.3. The second-order valence-corrected chi connectivity index (χ2v) is 10.3. The summed E-state index contributed by atoms with van der Waals surface area (Å²) in [5, 5.41) is 41.7. The van der Waals surface area contributed by atoms with Crippen LogP contribution in [0.2, 0.25) is 0 Å². The monoisotopic (exact) mass is 448 g/mol. The molecule has 31 heavy (non-hydrogen) atoms. The van der Waals surface area contributed by atoms with E-state index in [-0.39, 0.29) is 44.2 Å². The smallest absolute Gasteiger partial charge is 0.0942 e. The Bertz CT molecular complexity index is 570. The summed E-state index contributed by atoms with van der Waals surface area (Å²) in [6, 6.07) is 0. The van der Waals surface area contributed by atoms with Crippen LogP contribution in [0.15, 0.2) is 0 Å². The average molecular weight is 449 g/mol. The molecule has 184 valence electrons. The van der Waals surface area contributed by atoms with Gasteiger partial charge in [0, 0.05) is 30.3 Å². The van der Waals surface area contributed by atoms with E-state index in [9.17, 15) is 20.4 Å². The van der Waals surface area contributed by atoms with Crippen molar-refractivity contribution in [2.75, 3.05) is 40.1 Å². The Morgan fingerprint density at radius 1 is 0.871 bits per heavy atom. The van der Waals surface area contributed by atoms with Gasteiger partial charge in [0.15, 0.2) is 0 Å². The summed E-state index contributed by atoms with van der Waals surface area (Å²) in [6.07, 6.45) is -1.76. The highest BCUT2D eigenvalue weighted by atomic mass is 16.6. The van der Waals surface area contributed by atoms with Crippen molar-refractivity contribution in [1.29, 1.82) is 0 Å². The summed E-state index contributed by atoms with van der Waals surface area (Å²) >= 11 is 0. The van der Waals surface area contributed by atoms with E-state index < -0.39 is 41.0 Å². The lowest BCUT2D eigenvalue weighted by molar-refractivity contribution is -0.287. The second kappa shape index (κ2) is 10.3. The van der Waals surface area contributed by atoms with Crippen LogP contribution < -0.4 is 0 Å². The minimum Gasteiger partial charge on any atom is -0.394 e. The van der Waals surface area contributed by atoms with Gasteiger partial charge in [0.2, 0.25) is 0 Å². The molecular formula is C23H44O8. The first-order valence-electron chi connectivity index (χ1n) is 11.4. The van der Waals surface area contributed by atoms with E-state index in [1.165, 1.54) is 0 Å². The molecule has 0 amide bonds. The summed E-state index contributed by atoms with van der Waals surface area (Å²) < 4.78 is 23.8. The molecule has 0 bridgehead atoms. The molecule has 0 spiro atoms. The summed E-state index contributed by atoms with van der Waals surface area (Å²) in [5.74, 6) is -0.564. The lowest BCUT2D eigenvalue weighted by Gasteiger charge is -2.55. The van der Waals surface area contributed by atoms with E-state index in [0.717, 1.165) is 0 Å². The van der Waals surface area contributed by atoms with E-state index in [4.69, 9.17) is 18.9 Å². The molecule has 0 aromatic heterocycles. The lowest BCUT2D eigenvalue weighted by Crippen LogP contribution is -2.65. The van der Waals surface area contributed by atoms with Gasteiger partial charge in [0.25, 0.3) is 0 Å². The highest BCUT2D eigenvalue weighted by Gasteiger charge is 2.56. The molecule has 10 atom stereocenters. The summed E-state index contributed by atoms with van der Waals surface area (Å²) in [7, 11) is 1.59. The van der Waals surface area contributed by atoms with Crippen LogP contribution in [-0.2, 0) is 18.9 Å². The topological polar surface area (TPSA) is 118 Å². The molecule has 10 unspecified atom stereocenters. The molecule has 2 aliphatic rings. The van der Waals surface area contributed by atoms with Crippen molar-refractivity contribution >= 4 is 0 Å². The largest absolute Gasteiger partial charge is 0.394 e. The fourth-order valence-electron chi connectivity index (χ4n) is 5.35. The average Bonchev–Trinajstić information content (AvgIpc) is 2.73. The molecular weight excluding hydrogens is 404 g/mol. The number of rotatable bonds is 9. The van der Waals surface area contributed by atoms with Gasteiger partial charge in [0.1, 0.15) is 0 Å². The van der Waals surface area contributed by atoms with Gasteiger partial charge in [-0.25, -0.2) is 0 Å². The number of aliphatic hydroxyl groups excluding tert-OH is 4. The number of ether oxygens (including phenoxy) is 4. The van der Waals surface area contributed by atoms with Gasteiger partial charge in [-0.2, -0.15) is 0 Å². The molecule has 0 radical (unpaired) electrons. The quantitative estimate of drug-likeness (QED) is 0.412. The highest BCUT2D eigenvalue weighted by Crippen LogP contribution is 2.46. The third-order valence-electron chi connectivity index (χ3n) is 8.12. The molecule has 8 nitrogen and oxygen atoms in total. The third-order valence-corrected chi connectivity index (χ3v) is 8.12. The zero-order valence-electron chi connectivity index (χ0n) is 20.2. The van der Waals surface area contributed by atoms with Gasteiger partial charge < -0.3 is 39.4 Å². The first-order valence-corrected chi connectivity index (χ1v) is 11.4. The van der Waals surface area contributed by atoms with Crippen LogP contribution in [0.4, 0.5) is 0 Å². The van der Waals surface area contributed by atoms with E-state index in [2.05, 4.69) is 0 Å². The lowest BCUT2D eigenvalue weighted by atomic mass is 9.67. The number of methoxy groups -OCH3 is 1. The Hall–Kier alpha value is -0.320. The molecule has 4 N–H and O–H groups in total. The molecule has 2 heterocycles. The fraction of sp³-hybridized carbons (Fsp3) is 1.00. The van der Waals surface area contributed by atoms with Crippen LogP contribution in [0.1, 0.15) is 48.0 Å². The molecule has 2 fully saturated rings. The van der Waals surface area contributed by atoms with Crippen LogP contribution >= 0.6 is 0 Å². The van der Waals surface area contributed by atoms with E-state index >= 15 is 0 Å². The van der Waals surface area contributed by atoms with Gasteiger partial charge in [-0.05, 0) is 20.3 Å². The van der Waals surface area contributed by atoms with Crippen LogP contribution in [0, 0.1) is 23.2 Å². The van der Waals surface area contributed by atoms with Crippen molar-refractivity contribution in [2.24, 2.45) is 23.2 Å². The van der Waals surface area contributed by atoms with E-state index in [0.29, 0.717) is 13.0 Å². The maximum Gasteiger partial charge on any atom is 0.0942 e. The van der Waals surface area contributed by atoms with Gasteiger partial charge >= 0.3 is 0 Å². The maximum absolute atomic E-state index is 11.2. The number of aliphatic hydroxyl groups is 4. The first kappa shape index (κ1) is 26.9. The van der Waals surface area contributed by atoms with Crippen molar-refractivity contribution in [3.05, 3.63) is 0 Å². The third kappa shape index (κ3) is 4.96. The van der Waals surface area contributed by atoms with Crippen molar-refractivity contribution < 1.29 is 39.4 Å². The molecule has 0 aromatic rings. The van der Waals surface area contributed by atoms with Crippen LogP contribution in [0.5, 0.6) is 0 Å². The van der Waals surface area contributed by atoms with Crippen LogP contribution in [-0.4, -0.2) is 96.2 Å². The molecule has 2 saturated heterocycles. The fourth-order valence-corrected chi connectivity index (χ4v) is 5.35. The van der Waals surface area contributed by atoms with Crippen molar-refractivity contribution in [3.8, 4) is 0 Å². The molecule has 0 saturated carbocycles. The first-order chi connectivity index (χ1) is 14.4. The zero-order chi connectivity index (χ0) is 23.6. The van der Waals surface area contributed by atoms with Crippen molar-refractivity contribution in [1.82, 2.24) is 0 Å². The number of hydrogen-bond donors (Lipinski definition) is 4. The molecule has 0 aromatic carbocycles. The maximum atomic E-state index is 11.2. The predicted molar refractivity (Wildman–Crippen MR) is 116 cm³/mol. The standard InChI is InChI=1S/C23H44O8/c1-8-16-17(9-24)30-23(6,14(2)19(16)26)13-29-11-21(4)18(10-25)31-22(5,12-28-7)15(3)20(21)27/h14-20,24-27H,8-13H2,1-7H3. The Morgan fingerprint density at radius 2 is 1.48 bits per heavy atom. The van der Waals surface area contributed by atoms with Gasteiger partial charge in [0.05, 0.1) is 68.7 Å². The van der Waals surface area contributed by atoms with Gasteiger partial charge in [-0.3, -0.25) is 0 Å². The van der Waals surface area contributed by atoms with Crippen LogP contribution in [0.3, 0.4) is 0 Å². The zero-order valence-corrected chi connectivity index (χ0v) is 20.2. The Balaban J connectivity index is 2.12. The van der Waals surface area contributed by atoms with Crippen LogP contribution in [0.25, 0.3) is 0 Å². The summed E-state index contributed by atoms with van der Waals surface area (Å²) in [6.45, 7) is 11.7. The Kier molecular flexibility index (Phi) is 8.95. The minimum atomic E-state index is -0.837. The Morgan fingerprint density at radius 3 is 2.00 bits per heavy atom. The Labute approximate surface area is 186 Å². The summed E-state index contributed by atoms with van der Waals surface area (Å²) in [4.78, 5) is 0. The summed E-state index contributed by atoms with van der Waals surface area (Å²) in [5.41, 5.74) is -2.35. The van der Waals surface area contributed by atoms with E-state index in [1.54, 1.807) is 7.11 Å². The minimum absolute atomic E-state index is 0.128. The molecule has 2 aliphatic heterocycles. The van der Waals surface area contributed by atoms with Gasteiger partial charge in [-0.15, -0.1) is 0 Å². The van der Waals surface area contributed by atoms with Gasteiger partial charge in [-0.1, -0.05) is 27.7 Å². The predicted octanol–water partition coefficient (Wildman–Crippen LogP) is 0.976.